The molecule has 2 atom stereocenters. The lowest BCUT2D eigenvalue weighted by Crippen LogP contribution is -2.49. The number of amides is 1. The summed E-state index contributed by atoms with van der Waals surface area (Å²) in [4.78, 5) is 14.8. The fraction of sp³-hybridized carbons (Fsp3) is 0.632. The van der Waals surface area contributed by atoms with Crippen molar-refractivity contribution in [1.29, 1.82) is 0 Å². The zero-order valence-electron chi connectivity index (χ0n) is 14.4. The third kappa shape index (κ3) is 5.63. The second-order valence-electron chi connectivity index (χ2n) is 6.86. The Kier molecular flexibility index (Phi) is 7.06. The number of carbonyl (C=O) groups excluding carboxylic acids is 1. The number of benzene rings is 1. The summed E-state index contributed by atoms with van der Waals surface area (Å²) in [6.45, 7) is 6.34. The van der Waals surface area contributed by atoms with Crippen molar-refractivity contribution in [3.05, 3.63) is 35.9 Å². The quantitative estimate of drug-likeness (QED) is 0.812. The lowest BCUT2D eigenvalue weighted by atomic mass is 10.00. The molecule has 1 aliphatic rings. The normalized spacial score (nSPS) is 20.4. The maximum atomic E-state index is 12.5. The summed E-state index contributed by atoms with van der Waals surface area (Å²) in [6.07, 6.45) is 3.46. The summed E-state index contributed by atoms with van der Waals surface area (Å²) in [5, 5.41) is 12.8. The Morgan fingerprint density at radius 2 is 2.04 bits per heavy atom. The van der Waals surface area contributed by atoms with Crippen LogP contribution in [0.1, 0.15) is 45.1 Å². The van der Waals surface area contributed by atoms with Gasteiger partial charge in [0.2, 0.25) is 5.91 Å². The van der Waals surface area contributed by atoms with Crippen molar-refractivity contribution >= 4 is 5.91 Å². The van der Waals surface area contributed by atoms with E-state index in [9.17, 15) is 9.90 Å². The number of nitrogens with zero attached hydrogens (tertiary/aromatic N) is 1. The van der Waals surface area contributed by atoms with Gasteiger partial charge in [-0.2, -0.15) is 0 Å². The Morgan fingerprint density at radius 1 is 1.30 bits per heavy atom. The molecular formula is C19H30N2O2. The third-order valence-electron chi connectivity index (χ3n) is 4.65. The number of aliphatic hydroxyl groups excluding tert-OH is 1. The lowest BCUT2D eigenvalue weighted by molar-refractivity contribution is -0.128. The van der Waals surface area contributed by atoms with Crippen molar-refractivity contribution in [3.8, 4) is 0 Å². The van der Waals surface area contributed by atoms with Gasteiger partial charge in [-0.15, -0.1) is 0 Å². The van der Waals surface area contributed by atoms with Crippen LogP contribution in [0, 0.1) is 5.92 Å². The van der Waals surface area contributed by atoms with Gasteiger partial charge in [0.1, 0.15) is 0 Å². The highest BCUT2D eigenvalue weighted by atomic mass is 16.3. The molecule has 1 saturated heterocycles. The van der Waals surface area contributed by atoms with Gasteiger partial charge in [-0.3, -0.25) is 9.69 Å². The van der Waals surface area contributed by atoms with Gasteiger partial charge in [0.05, 0.1) is 12.1 Å². The van der Waals surface area contributed by atoms with Crippen LogP contribution in [-0.2, 0) is 11.3 Å². The van der Waals surface area contributed by atoms with Crippen LogP contribution in [-0.4, -0.2) is 41.1 Å². The monoisotopic (exact) mass is 318 g/mol. The van der Waals surface area contributed by atoms with Crippen molar-refractivity contribution in [2.75, 3.05) is 13.1 Å². The van der Waals surface area contributed by atoms with E-state index in [-0.39, 0.29) is 24.0 Å². The van der Waals surface area contributed by atoms with Crippen molar-refractivity contribution in [2.24, 2.45) is 5.92 Å². The number of nitrogens with one attached hydrogen (secondary N) is 1. The van der Waals surface area contributed by atoms with Crippen LogP contribution in [0.5, 0.6) is 0 Å². The molecule has 4 heteroatoms. The highest BCUT2D eigenvalue weighted by molar-refractivity contribution is 5.81. The average molecular weight is 318 g/mol. The Labute approximate surface area is 139 Å². The number of carbonyl (C=O) groups is 1. The van der Waals surface area contributed by atoms with Gasteiger partial charge in [-0.05, 0) is 37.3 Å². The first-order valence-electron chi connectivity index (χ1n) is 8.81. The summed E-state index contributed by atoms with van der Waals surface area (Å²) in [5.41, 5.74) is 1.25. The Hall–Kier alpha value is -1.39. The van der Waals surface area contributed by atoms with Gasteiger partial charge in [-0.1, -0.05) is 50.6 Å². The summed E-state index contributed by atoms with van der Waals surface area (Å²) >= 11 is 0. The highest BCUT2D eigenvalue weighted by Gasteiger charge is 2.28. The van der Waals surface area contributed by atoms with Crippen LogP contribution in [0.25, 0.3) is 0 Å². The summed E-state index contributed by atoms with van der Waals surface area (Å²) in [7, 11) is 0. The second kappa shape index (κ2) is 9.04. The Balaban J connectivity index is 1.86. The maximum Gasteiger partial charge on any atom is 0.237 e. The molecule has 1 aliphatic heterocycles. The van der Waals surface area contributed by atoms with E-state index in [1.807, 2.05) is 32.0 Å². The number of piperidine rings is 1. The average Bonchev–Trinajstić information content (AvgIpc) is 2.56. The molecule has 0 radical (unpaired) electrons. The van der Waals surface area contributed by atoms with Crippen LogP contribution < -0.4 is 5.32 Å². The van der Waals surface area contributed by atoms with Crippen LogP contribution in [0.4, 0.5) is 0 Å². The molecule has 1 aromatic rings. The van der Waals surface area contributed by atoms with E-state index in [4.69, 9.17) is 0 Å². The predicted molar refractivity (Wildman–Crippen MR) is 93.0 cm³/mol. The van der Waals surface area contributed by atoms with Crippen LogP contribution in [0.15, 0.2) is 30.3 Å². The molecule has 0 spiro atoms. The smallest absolute Gasteiger partial charge is 0.237 e. The Bertz CT molecular complexity index is 476. The molecule has 0 aliphatic carbocycles. The number of aliphatic hydroxyl groups is 1. The van der Waals surface area contributed by atoms with E-state index in [1.165, 1.54) is 5.56 Å². The molecule has 1 amide bonds. The number of likely N-dealkylation sites (tertiary alicyclic amines) is 1. The predicted octanol–water partition coefficient (Wildman–Crippen LogP) is 2.56. The first-order chi connectivity index (χ1) is 11.1. The number of hydrogen-bond acceptors (Lipinski definition) is 3. The SMILES string of the molecule is CC(C)C(O)CCNC(=O)C1CCCCN1Cc1ccccc1. The molecule has 0 aromatic heterocycles. The van der Waals surface area contributed by atoms with Gasteiger partial charge >= 0.3 is 0 Å². The molecule has 1 fully saturated rings. The lowest BCUT2D eigenvalue weighted by Gasteiger charge is -2.34. The highest BCUT2D eigenvalue weighted by Crippen LogP contribution is 2.20. The van der Waals surface area contributed by atoms with Crippen molar-refractivity contribution in [1.82, 2.24) is 10.2 Å². The molecule has 2 N–H and O–H groups in total. The number of rotatable bonds is 7. The van der Waals surface area contributed by atoms with Crippen molar-refractivity contribution in [3.63, 3.8) is 0 Å². The van der Waals surface area contributed by atoms with Gasteiger partial charge in [-0.25, -0.2) is 0 Å². The molecule has 0 bridgehead atoms. The molecule has 1 aromatic carbocycles. The summed E-state index contributed by atoms with van der Waals surface area (Å²) in [6, 6.07) is 10.3. The first-order valence-corrected chi connectivity index (χ1v) is 8.81. The van der Waals surface area contributed by atoms with Crippen LogP contribution in [0.2, 0.25) is 0 Å². The Morgan fingerprint density at radius 3 is 2.74 bits per heavy atom. The third-order valence-corrected chi connectivity index (χ3v) is 4.65. The largest absolute Gasteiger partial charge is 0.393 e. The standard InChI is InChI=1S/C19H30N2O2/c1-15(2)18(22)11-12-20-19(23)17-10-6-7-13-21(17)14-16-8-4-3-5-9-16/h3-5,8-9,15,17-18,22H,6-7,10-14H2,1-2H3,(H,20,23). The molecule has 2 rings (SSSR count). The molecule has 128 valence electrons. The van der Waals surface area contributed by atoms with E-state index in [0.29, 0.717) is 13.0 Å². The van der Waals surface area contributed by atoms with E-state index >= 15 is 0 Å². The minimum Gasteiger partial charge on any atom is -0.393 e. The van der Waals surface area contributed by atoms with E-state index in [2.05, 4.69) is 22.3 Å². The van der Waals surface area contributed by atoms with Gasteiger partial charge in [0.15, 0.2) is 0 Å². The van der Waals surface area contributed by atoms with Crippen LogP contribution in [0.3, 0.4) is 0 Å². The van der Waals surface area contributed by atoms with E-state index in [0.717, 1.165) is 32.4 Å². The molecule has 2 unspecified atom stereocenters. The van der Waals surface area contributed by atoms with Gasteiger partial charge in [0, 0.05) is 13.1 Å². The summed E-state index contributed by atoms with van der Waals surface area (Å²) in [5.74, 6) is 0.341. The van der Waals surface area contributed by atoms with Crippen molar-refractivity contribution in [2.45, 2.75) is 58.2 Å². The first kappa shape index (κ1) is 18.0. The second-order valence-corrected chi connectivity index (χ2v) is 6.86. The maximum absolute atomic E-state index is 12.5. The fourth-order valence-corrected chi connectivity index (χ4v) is 3.09. The zero-order chi connectivity index (χ0) is 16.7. The molecule has 4 nitrogen and oxygen atoms in total. The molecule has 0 saturated carbocycles. The van der Waals surface area contributed by atoms with Gasteiger partial charge in [0.25, 0.3) is 0 Å². The van der Waals surface area contributed by atoms with Crippen molar-refractivity contribution < 1.29 is 9.90 Å². The fourth-order valence-electron chi connectivity index (χ4n) is 3.09. The van der Waals surface area contributed by atoms with Crippen LogP contribution >= 0.6 is 0 Å². The van der Waals surface area contributed by atoms with E-state index < -0.39 is 0 Å². The molecule has 1 heterocycles. The molecular weight excluding hydrogens is 288 g/mol. The topological polar surface area (TPSA) is 52.6 Å². The van der Waals surface area contributed by atoms with E-state index in [1.54, 1.807) is 0 Å². The molecule has 23 heavy (non-hydrogen) atoms. The minimum absolute atomic E-state index is 0.0415. The zero-order valence-corrected chi connectivity index (χ0v) is 14.4. The number of hydrogen-bond donors (Lipinski definition) is 2. The summed E-state index contributed by atoms with van der Waals surface area (Å²) < 4.78 is 0. The minimum atomic E-state index is -0.345. The van der Waals surface area contributed by atoms with Gasteiger partial charge < -0.3 is 10.4 Å².